The summed E-state index contributed by atoms with van der Waals surface area (Å²) in [7, 11) is 0. The zero-order valence-corrected chi connectivity index (χ0v) is 12.9. The summed E-state index contributed by atoms with van der Waals surface area (Å²) in [6.07, 6.45) is -0.652. The summed E-state index contributed by atoms with van der Waals surface area (Å²) in [6.45, 7) is 6.10. The molecule has 1 heterocycles. The maximum Gasteiger partial charge on any atom is 0.137 e. The molecule has 0 fully saturated rings. The topological polar surface area (TPSA) is 78.3 Å². The maximum absolute atomic E-state index is 9.53. The first-order valence-electron chi connectivity index (χ1n) is 9.21. The minimum absolute atomic E-state index is 0.118. The summed E-state index contributed by atoms with van der Waals surface area (Å²) in [5.41, 5.74) is -2.02. The number of hydrogen-bond acceptors (Lipinski definition) is 4. The Kier molecular flexibility index (Phi) is 2.59. The van der Waals surface area contributed by atoms with Crippen molar-refractivity contribution >= 4 is 0 Å². The highest BCUT2D eigenvalue weighted by molar-refractivity contribution is 5.42. The van der Waals surface area contributed by atoms with Gasteiger partial charge in [-0.05, 0) is 44.4 Å². The Morgan fingerprint density at radius 3 is 2.05 bits per heavy atom. The van der Waals surface area contributed by atoms with E-state index < -0.39 is 10.8 Å². The van der Waals surface area contributed by atoms with Crippen LogP contribution in [-0.4, -0.2) is 14.8 Å². The molecule has 0 bridgehead atoms. The van der Waals surface area contributed by atoms with E-state index in [0.29, 0.717) is 0 Å². The van der Waals surface area contributed by atoms with E-state index in [-0.39, 0.29) is 54.0 Å². The smallest absolute Gasteiger partial charge is 0.137 e. The lowest BCUT2D eigenvalue weighted by atomic mass is 9.79. The molecule has 0 aliphatic carbocycles. The molecule has 0 amide bonds. The average molecular weight is 298 g/mol. The van der Waals surface area contributed by atoms with Crippen LogP contribution < -0.4 is 0 Å². The van der Waals surface area contributed by atoms with Gasteiger partial charge in [-0.1, -0.05) is 18.1 Å². The summed E-state index contributed by atoms with van der Waals surface area (Å²) in [5, 5.41) is 22.8. The third-order valence-electron chi connectivity index (χ3n) is 3.30. The Morgan fingerprint density at radius 2 is 1.64 bits per heavy atom. The van der Waals surface area contributed by atoms with Crippen LogP contribution in [0.4, 0.5) is 0 Å². The number of benzene rings is 1. The van der Waals surface area contributed by atoms with Gasteiger partial charge in [0.05, 0.1) is 33.6 Å². The summed E-state index contributed by atoms with van der Waals surface area (Å²) in [5.74, 6) is 0. The van der Waals surface area contributed by atoms with E-state index in [1.807, 2.05) is 0 Å². The third kappa shape index (κ3) is 3.15. The van der Waals surface area contributed by atoms with Crippen molar-refractivity contribution in [2.75, 3.05) is 0 Å². The molecule has 0 unspecified atom stereocenters. The second kappa shape index (κ2) is 5.61. The Bertz CT molecular complexity index is 942. The second-order valence-electron chi connectivity index (χ2n) is 6.05. The largest absolute Gasteiger partial charge is 0.249 e. The predicted molar refractivity (Wildman–Crippen MR) is 82.8 cm³/mol. The van der Waals surface area contributed by atoms with Crippen molar-refractivity contribution in [1.82, 2.24) is 14.8 Å². The van der Waals surface area contributed by atoms with Crippen molar-refractivity contribution in [2.45, 2.75) is 45.1 Å². The number of nitriles is 2. The van der Waals surface area contributed by atoms with Gasteiger partial charge in [-0.3, -0.25) is 0 Å². The lowest BCUT2D eigenvalue weighted by Gasteiger charge is -2.23. The Morgan fingerprint density at radius 1 is 1.09 bits per heavy atom. The van der Waals surface area contributed by atoms with E-state index in [0.717, 1.165) is 4.68 Å². The molecule has 1 aromatic carbocycles. The van der Waals surface area contributed by atoms with E-state index in [1.165, 1.54) is 0 Å². The number of aromatic nitrogens is 3. The Labute approximate surface area is 137 Å². The normalized spacial score (nSPS) is 14.9. The van der Waals surface area contributed by atoms with Crippen LogP contribution in [0.5, 0.6) is 0 Å². The first-order chi connectivity index (χ1) is 12.4. The lowest BCUT2D eigenvalue weighted by molar-refractivity contribution is 0.646. The molecule has 0 radical (unpaired) electrons. The highest BCUT2D eigenvalue weighted by Crippen LogP contribution is 2.30. The minimum atomic E-state index is -1.19. The fraction of sp³-hybridized carbons (Fsp3) is 0.412. The van der Waals surface area contributed by atoms with Crippen LogP contribution in [-0.2, 0) is 17.4 Å². The van der Waals surface area contributed by atoms with Crippen molar-refractivity contribution in [3.05, 3.63) is 47.4 Å². The van der Waals surface area contributed by atoms with Crippen LogP contribution in [0.3, 0.4) is 0 Å². The molecule has 112 valence electrons. The molecule has 5 heteroatoms. The zero-order chi connectivity index (χ0) is 20.7. The van der Waals surface area contributed by atoms with Gasteiger partial charge in [0.25, 0.3) is 0 Å². The standard InChI is InChI=1S/C17H19N5/c1-16(2,9-18)14-5-13(8-22-12-20-11-21-22)6-15(7-14)17(3,4)10-19/h5-7,11-12H,8H2,1-4H3/i5D,6D,7D,11D,12D. The van der Waals surface area contributed by atoms with Crippen LogP contribution >= 0.6 is 0 Å². The van der Waals surface area contributed by atoms with E-state index in [9.17, 15) is 10.5 Å². The van der Waals surface area contributed by atoms with Crippen LogP contribution in [0, 0.1) is 22.7 Å². The summed E-state index contributed by atoms with van der Waals surface area (Å²) in [6, 6.07) is 3.64. The van der Waals surface area contributed by atoms with Gasteiger partial charge in [0.15, 0.2) is 0 Å². The highest BCUT2D eigenvalue weighted by Gasteiger charge is 2.26. The quantitative estimate of drug-likeness (QED) is 0.869. The minimum Gasteiger partial charge on any atom is -0.249 e. The fourth-order valence-corrected chi connectivity index (χ4v) is 1.74. The van der Waals surface area contributed by atoms with Gasteiger partial charge in [0.2, 0.25) is 0 Å². The predicted octanol–water partition coefficient (Wildman–Crippen LogP) is 2.93. The highest BCUT2D eigenvalue weighted by atomic mass is 15.3. The van der Waals surface area contributed by atoms with Crippen LogP contribution in [0.25, 0.3) is 0 Å². The van der Waals surface area contributed by atoms with Crippen molar-refractivity contribution in [3.8, 4) is 12.1 Å². The van der Waals surface area contributed by atoms with Gasteiger partial charge in [0.1, 0.15) is 15.3 Å². The van der Waals surface area contributed by atoms with Gasteiger partial charge < -0.3 is 0 Å². The first-order valence-corrected chi connectivity index (χ1v) is 6.71. The number of hydrogen-bond donors (Lipinski definition) is 0. The molecule has 0 N–H and O–H groups in total. The summed E-state index contributed by atoms with van der Waals surface area (Å²) >= 11 is 0. The van der Waals surface area contributed by atoms with Crippen LogP contribution in [0.2, 0.25) is 0 Å². The SMILES string of the molecule is [2H]c1nc([2H])n(Cc2c([2H])c(C(C)(C)C#N)c([2H])c(C(C)(C)C#N)c2[2H])n1. The molecule has 0 saturated heterocycles. The number of nitrogens with zero attached hydrogens (tertiary/aromatic N) is 5. The Balaban J connectivity index is 2.90. The molecule has 1 aromatic heterocycles. The molecule has 0 spiro atoms. The van der Waals surface area contributed by atoms with E-state index in [4.69, 9.17) is 6.85 Å². The van der Waals surface area contributed by atoms with E-state index >= 15 is 0 Å². The molecule has 0 saturated carbocycles. The van der Waals surface area contributed by atoms with E-state index in [1.54, 1.807) is 27.7 Å². The summed E-state index contributed by atoms with van der Waals surface area (Å²) in [4.78, 5) is 3.58. The van der Waals surface area contributed by atoms with Crippen LogP contribution in [0.15, 0.2) is 30.7 Å². The molecule has 0 aliphatic heterocycles. The van der Waals surface area contributed by atoms with Crippen molar-refractivity contribution in [1.29, 1.82) is 10.5 Å². The Hall–Kier alpha value is -2.66. The fourth-order valence-electron chi connectivity index (χ4n) is 1.74. The maximum atomic E-state index is 9.53. The number of rotatable bonds is 4. The van der Waals surface area contributed by atoms with Crippen LogP contribution in [0.1, 0.15) is 51.2 Å². The molecule has 5 nitrogen and oxygen atoms in total. The molecule has 2 aromatic rings. The van der Waals surface area contributed by atoms with Crippen molar-refractivity contribution in [3.63, 3.8) is 0 Å². The third-order valence-corrected chi connectivity index (χ3v) is 3.30. The molecule has 0 atom stereocenters. The lowest BCUT2D eigenvalue weighted by Crippen LogP contribution is -2.20. The van der Waals surface area contributed by atoms with Gasteiger partial charge in [0, 0.05) is 0 Å². The van der Waals surface area contributed by atoms with Gasteiger partial charge in [-0.2, -0.15) is 15.6 Å². The monoisotopic (exact) mass is 298 g/mol. The molecular weight excluding hydrogens is 274 g/mol. The molecular formula is C17H19N5. The molecule has 22 heavy (non-hydrogen) atoms. The zero-order valence-electron chi connectivity index (χ0n) is 17.9. The van der Waals surface area contributed by atoms with Crippen molar-refractivity contribution < 1.29 is 6.85 Å². The van der Waals surface area contributed by atoms with E-state index in [2.05, 4.69) is 22.2 Å². The molecule has 2 rings (SSSR count). The second-order valence-corrected chi connectivity index (χ2v) is 6.05. The van der Waals surface area contributed by atoms with Crippen molar-refractivity contribution in [2.24, 2.45) is 0 Å². The van der Waals surface area contributed by atoms with Gasteiger partial charge >= 0.3 is 0 Å². The first kappa shape index (κ1) is 10.1. The van der Waals surface area contributed by atoms with Gasteiger partial charge in [-0.15, -0.1) is 0 Å². The average Bonchev–Trinajstić information content (AvgIpc) is 2.88. The summed E-state index contributed by atoms with van der Waals surface area (Å²) < 4.78 is 41.8. The van der Waals surface area contributed by atoms with Gasteiger partial charge in [-0.25, -0.2) is 9.67 Å². The molecule has 0 aliphatic rings.